The zero-order valence-corrected chi connectivity index (χ0v) is 14.2. The zero-order valence-electron chi connectivity index (χ0n) is 12.6. The summed E-state index contributed by atoms with van der Waals surface area (Å²) in [6.45, 7) is 4.47. The van der Waals surface area contributed by atoms with Crippen LogP contribution in [0.2, 0.25) is 0 Å². The van der Waals surface area contributed by atoms with E-state index in [1.807, 2.05) is 12.3 Å². The van der Waals surface area contributed by atoms with Crippen LogP contribution in [-0.2, 0) is 25.9 Å². The number of aryl methyl sites for hydroxylation is 1. The Morgan fingerprint density at radius 1 is 1.41 bits per heavy atom. The normalized spacial score (nSPS) is 14.8. The lowest BCUT2D eigenvalue weighted by atomic mass is 10.1. The minimum Gasteiger partial charge on any atom is -0.310 e. The second-order valence-corrected chi connectivity index (χ2v) is 6.45. The van der Waals surface area contributed by atoms with Crippen LogP contribution in [0.4, 0.5) is 0 Å². The van der Waals surface area contributed by atoms with Crippen molar-refractivity contribution in [3.05, 3.63) is 55.9 Å². The van der Waals surface area contributed by atoms with E-state index in [2.05, 4.69) is 48.8 Å². The third-order valence-corrected chi connectivity index (χ3v) is 4.35. The fourth-order valence-corrected chi connectivity index (χ4v) is 3.02. The molecule has 0 radical (unpaired) electrons. The van der Waals surface area contributed by atoms with Gasteiger partial charge in [0.1, 0.15) is 10.4 Å². The highest BCUT2D eigenvalue weighted by Gasteiger charge is 2.21. The van der Waals surface area contributed by atoms with E-state index in [9.17, 15) is 4.79 Å². The average molecular weight is 363 g/mol. The Hall–Kier alpha value is -1.53. The van der Waals surface area contributed by atoms with Gasteiger partial charge in [0.2, 0.25) is 0 Å². The Morgan fingerprint density at radius 3 is 3.00 bits per heavy atom. The smallest absolute Gasteiger partial charge is 0.255 e. The van der Waals surface area contributed by atoms with E-state index < -0.39 is 0 Å². The molecule has 2 aromatic heterocycles. The minimum absolute atomic E-state index is 0.0204. The number of rotatable bonds is 4. The predicted octanol–water partition coefficient (Wildman–Crippen LogP) is 2.44. The molecule has 0 fully saturated rings. The molecular weight excluding hydrogens is 344 g/mol. The second-order valence-electron chi connectivity index (χ2n) is 5.64. The van der Waals surface area contributed by atoms with E-state index in [0.717, 1.165) is 59.6 Å². The van der Waals surface area contributed by atoms with Crippen molar-refractivity contribution in [2.45, 2.75) is 39.3 Å². The number of hydrogen-bond donors (Lipinski definition) is 1. The number of aromatic amines is 1. The Morgan fingerprint density at radius 2 is 2.27 bits per heavy atom. The van der Waals surface area contributed by atoms with Gasteiger partial charge in [0.15, 0.2) is 0 Å². The van der Waals surface area contributed by atoms with Crippen molar-refractivity contribution < 1.29 is 0 Å². The lowest BCUT2D eigenvalue weighted by molar-refractivity contribution is 0.241. The number of nitrogens with zero attached hydrogens (tertiary/aromatic N) is 3. The van der Waals surface area contributed by atoms with E-state index >= 15 is 0 Å². The lowest BCUT2D eigenvalue weighted by Crippen LogP contribution is -2.35. The van der Waals surface area contributed by atoms with Gasteiger partial charge in [0.05, 0.1) is 11.3 Å². The van der Waals surface area contributed by atoms with Crippen LogP contribution >= 0.6 is 15.9 Å². The van der Waals surface area contributed by atoms with Crippen molar-refractivity contribution in [3.8, 4) is 0 Å². The van der Waals surface area contributed by atoms with Crippen LogP contribution < -0.4 is 5.56 Å². The van der Waals surface area contributed by atoms with Gasteiger partial charge >= 0.3 is 0 Å². The Labute approximate surface area is 137 Å². The van der Waals surface area contributed by atoms with E-state index in [4.69, 9.17) is 0 Å². The highest BCUT2D eigenvalue weighted by atomic mass is 79.9. The van der Waals surface area contributed by atoms with E-state index in [-0.39, 0.29) is 5.56 Å². The molecule has 0 bridgehead atoms. The number of fused-ring (bicyclic) bond motifs is 1. The quantitative estimate of drug-likeness (QED) is 0.848. The van der Waals surface area contributed by atoms with Gasteiger partial charge in [-0.2, -0.15) is 0 Å². The standard InChI is InChI=1S/C16H19BrN4O/c1-2-3-15-19-13-6-7-21(10-12(13)16(22)20-15)9-11-4-5-14(17)18-8-11/h4-5,8H,2-3,6-7,9-10H2,1H3,(H,19,20,22). The molecule has 2 aromatic rings. The van der Waals surface area contributed by atoms with Crippen LogP contribution in [-0.4, -0.2) is 26.4 Å². The van der Waals surface area contributed by atoms with Crippen LogP contribution in [0, 0.1) is 0 Å². The molecule has 0 saturated heterocycles. The predicted molar refractivity (Wildman–Crippen MR) is 88.6 cm³/mol. The summed E-state index contributed by atoms with van der Waals surface area (Å²) in [5, 5.41) is 0. The molecule has 0 aliphatic carbocycles. The topological polar surface area (TPSA) is 61.9 Å². The number of H-pyrrole nitrogens is 1. The molecule has 1 N–H and O–H groups in total. The van der Waals surface area contributed by atoms with Crippen LogP contribution in [0.25, 0.3) is 0 Å². The molecule has 1 aliphatic rings. The highest BCUT2D eigenvalue weighted by Crippen LogP contribution is 2.17. The Bertz CT molecular complexity index is 711. The maximum absolute atomic E-state index is 12.3. The molecule has 22 heavy (non-hydrogen) atoms. The molecule has 116 valence electrons. The van der Waals surface area contributed by atoms with Gasteiger partial charge in [-0.3, -0.25) is 9.69 Å². The molecule has 5 nitrogen and oxygen atoms in total. The van der Waals surface area contributed by atoms with E-state index in [0.29, 0.717) is 6.54 Å². The van der Waals surface area contributed by atoms with Gasteiger partial charge in [-0.15, -0.1) is 0 Å². The van der Waals surface area contributed by atoms with Crippen molar-refractivity contribution in [1.82, 2.24) is 19.9 Å². The first-order chi connectivity index (χ1) is 10.7. The number of aromatic nitrogens is 3. The molecule has 0 saturated carbocycles. The third-order valence-electron chi connectivity index (χ3n) is 3.88. The largest absolute Gasteiger partial charge is 0.310 e. The maximum Gasteiger partial charge on any atom is 0.255 e. The lowest BCUT2D eigenvalue weighted by Gasteiger charge is -2.27. The summed E-state index contributed by atoms with van der Waals surface area (Å²) in [7, 11) is 0. The number of nitrogens with one attached hydrogen (secondary N) is 1. The Kier molecular flexibility index (Phi) is 4.69. The fraction of sp³-hybridized carbons (Fsp3) is 0.438. The van der Waals surface area contributed by atoms with Crippen LogP contribution in [0.5, 0.6) is 0 Å². The van der Waals surface area contributed by atoms with Gasteiger partial charge in [0.25, 0.3) is 5.56 Å². The molecule has 0 unspecified atom stereocenters. The molecule has 0 spiro atoms. The second kappa shape index (κ2) is 6.71. The summed E-state index contributed by atoms with van der Waals surface area (Å²) < 4.78 is 0.837. The average Bonchev–Trinajstić information content (AvgIpc) is 2.51. The van der Waals surface area contributed by atoms with Crippen LogP contribution in [0.3, 0.4) is 0 Å². The van der Waals surface area contributed by atoms with Crippen molar-refractivity contribution in [3.63, 3.8) is 0 Å². The van der Waals surface area contributed by atoms with Crippen molar-refractivity contribution in [2.75, 3.05) is 6.54 Å². The van der Waals surface area contributed by atoms with E-state index in [1.54, 1.807) is 0 Å². The highest BCUT2D eigenvalue weighted by molar-refractivity contribution is 9.10. The molecule has 0 atom stereocenters. The van der Waals surface area contributed by atoms with Crippen molar-refractivity contribution in [2.24, 2.45) is 0 Å². The molecule has 3 heterocycles. The van der Waals surface area contributed by atoms with Gasteiger partial charge < -0.3 is 4.98 Å². The van der Waals surface area contributed by atoms with Gasteiger partial charge in [-0.25, -0.2) is 9.97 Å². The molecule has 0 aromatic carbocycles. The third kappa shape index (κ3) is 3.44. The van der Waals surface area contributed by atoms with Crippen LogP contribution in [0.1, 0.15) is 36.0 Å². The van der Waals surface area contributed by atoms with E-state index in [1.165, 1.54) is 0 Å². The van der Waals surface area contributed by atoms with Gasteiger partial charge in [0, 0.05) is 38.7 Å². The molecular formula is C16H19BrN4O. The van der Waals surface area contributed by atoms with Crippen molar-refractivity contribution in [1.29, 1.82) is 0 Å². The number of pyridine rings is 1. The number of hydrogen-bond acceptors (Lipinski definition) is 4. The van der Waals surface area contributed by atoms with Crippen LogP contribution in [0.15, 0.2) is 27.7 Å². The van der Waals surface area contributed by atoms with Gasteiger partial charge in [-0.05, 0) is 34.0 Å². The summed E-state index contributed by atoms with van der Waals surface area (Å²) in [5.41, 5.74) is 2.96. The fourth-order valence-electron chi connectivity index (χ4n) is 2.78. The molecule has 3 rings (SSSR count). The summed E-state index contributed by atoms with van der Waals surface area (Å²) >= 11 is 3.34. The SMILES string of the molecule is CCCc1nc2c(c(=O)[nH]1)CN(Cc1ccc(Br)nc1)CC2. The minimum atomic E-state index is 0.0204. The monoisotopic (exact) mass is 362 g/mol. The molecule has 1 aliphatic heterocycles. The summed E-state index contributed by atoms with van der Waals surface area (Å²) in [6, 6.07) is 4.00. The summed E-state index contributed by atoms with van der Waals surface area (Å²) in [4.78, 5) is 26.3. The molecule has 0 amide bonds. The maximum atomic E-state index is 12.3. The van der Waals surface area contributed by atoms with Gasteiger partial charge in [-0.1, -0.05) is 13.0 Å². The molecule has 6 heteroatoms. The zero-order chi connectivity index (χ0) is 15.5. The Balaban J connectivity index is 1.76. The first-order valence-electron chi connectivity index (χ1n) is 7.59. The number of halogens is 1. The first-order valence-corrected chi connectivity index (χ1v) is 8.38. The first kappa shape index (κ1) is 15.4. The summed E-state index contributed by atoms with van der Waals surface area (Å²) in [6.07, 6.45) is 4.52. The van der Waals surface area contributed by atoms with Crippen molar-refractivity contribution >= 4 is 15.9 Å². The summed E-state index contributed by atoms with van der Waals surface area (Å²) in [5.74, 6) is 0.816.